The average molecular weight is 419 g/mol. The molecule has 0 bridgehead atoms. The number of benzene rings is 2. The molecule has 0 aliphatic carbocycles. The van der Waals surface area contributed by atoms with Gasteiger partial charge in [-0.25, -0.2) is 4.98 Å². The minimum atomic E-state index is -0.268. The molecule has 0 atom stereocenters. The second-order valence-electron chi connectivity index (χ2n) is 6.61. The van der Waals surface area contributed by atoms with Crippen molar-refractivity contribution in [1.82, 2.24) is 15.3 Å². The number of rotatable bonds is 6. The van der Waals surface area contributed by atoms with E-state index < -0.39 is 0 Å². The van der Waals surface area contributed by atoms with E-state index in [0.717, 1.165) is 22.1 Å². The number of nitrogens with one attached hydrogen (secondary N) is 2. The first kappa shape index (κ1) is 19.7. The van der Waals surface area contributed by atoms with Crippen LogP contribution >= 0.6 is 11.6 Å². The predicted molar refractivity (Wildman–Crippen MR) is 118 cm³/mol. The van der Waals surface area contributed by atoms with Gasteiger partial charge in [0.15, 0.2) is 0 Å². The summed E-state index contributed by atoms with van der Waals surface area (Å²) < 4.78 is 5.21. The largest absolute Gasteiger partial charge is 0.497 e. The lowest BCUT2D eigenvalue weighted by Crippen LogP contribution is -2.23. The number of carbonyl (C=O) groups excluding carboxylic acids is 1. The van der Waals surface area contributed by atoms with Gasteiger partial charge in [0.05, 0.1) is 7.11 Å². The Hall–Kier alpha value is -3.64. The van der Waals surface area contributed by atoms with Gasteiger partial charge in [-0.15, -0.1) is 0 Å². The number of halogens is 1. The molecule has 0 unspecified atom stereocenters. The monoisotopic (exact) mass is 418 g/mol. The summed E-state index contributed by atoms with van der Waals surface area (Å²) in [6.45, 7) is 0.374. The van der Waals surface area contributed by atoms with Crippen molar-refractivity contribution in [2.75, 3.05) is 12.4 Å². The highest BCUT2D eigenvalue weighted by atomic mass is 35.5. The van der Waals surface area contributed by atoms with Gasteiger partial charge >= 0.3 is 0 Å². The van der Waals surface area contributed by atoms with Crippen molar-refractivity contribution in [3.8, 4) is 5.75 Å². The highest BCUT2D eigenvalue weighted by molar-refractivity contribution is 6.31. The number of methoxy groups -OCH3 is 1. The number of nitrogens with zero attached hydrogens (tertiary/aromatic N) is 2. The summed E-state index contributed by atoms with van der Waals surface area (Å²) in [5.74, 6) is 1.13. The van der Waals surface area contributed by atoms with Crippen LogP contribution in [0.25, 0.3) is 10.8 Å². The summed E-state index contributed by atoms with van der Waals surface area (Å²) in [6, 6.07) is 18.6. The molecule has 4 aromatic rings. The van der Waals surface area contributed by atoms with Crippen LogP contribution in [0.5, 0.6) is 5.75 Å². The van der Waals surface area contributed by atoms with Gasteiger partial charge in [0.2, 0.25) is 0 Å². The number of carbonyl (C=O) groups is 1. The molecular weight excluding hydrogens is 400 g/mol. The molecule has 6 nitrogen and oxygen atoms in total. The maximum atomic E-state index is 12.6. The van der Waals surface area contributed by atoms with Crippen molar-refractivity contribution in [1.29, 1.82) is 0 Å². The SMILES string of the molecule is COc1cccc(CNC(=O)c2cc(Nc3nccc4ccc(Cl)cc34)ccn2)c1. The van der Waals surface area contributed by atoms with Crippen LogP contribution in [0, 0.1) is 0 Å². The summed E-state index contributed by atoms with van der Waals surface area (Å²) in [6.07, 6.45) is 3.31. The van der Waals surface area contributed by atoms with Crippen molar-refractivity contribution in [2.24, 2.45) is 0 Å². The van der Waals surface area contributed by atoms with Crippen LogP contribution in [-0.4, -0.2) is 23.0 Å². The van der Waals surface area contributed by atoms with E-state index in [2.05, 4.69) is 20.6 Å². The van der Waals surface area contributed by atoms with Crippen LogP contribution in [0.4, 0.5) is 11.5 Å². The van der Waals surface area contributed by atoms with Gasteiger partial charge in [-0.3, -0.25) is 9.78 Å². The minimum absolute atomic E-state index is 0.268. The molecule has 0 spiro atoms. The van der Waals surface area contributed by atoms with E-state index in [1.807, 2.05) is 48.5 Å². The number of hydrogen-bond acceptors (Lipinski definition) is 5. The van der Waals surface area contributed by atoms with Crippen LogP contribution in [0.3, 0.4) is 0 Å². The molecule has 0 saturated heterocycles. The Balaban J connectivity index is 1.50. The summed E-state index contributed by atoms with van der Waals surface area (Å²) in [5, 5.41) is 8.67. The fraction of sp³-hybridized carbons (Fsp3) is 0.0870. The zero-order valence-electron chi connectivity index (χ0n) is 16.2. The van der Waals surface area contributed by atoms with Crippen molar-refractivity contribution in [3.05, 3.63) is 89.3 Å². The lowest BCUT2D eigenvalue weighted by Gasteiger charge is -2.10. The van der Waals surface area contributed by atoms with E-state index in [9.17, 15) is 4.79 Å². The van der Waals surface area contributed by atoms with E-state index in [-0.39, 0.29) is 5.91 Å². The van der Waals surface area contributed by atoms with E-state index >= 15 is 0 Å². The number of anilines is 2. The number of ether oxygens (including phenoxy) is 1. The first-order valence-corrected chi connectivity index (χ1v) is 9.68. The molecule has 0 saturated carbocycles. The number of amides is 1. The number of fused-ring (bicyclic) bond motifs is 1. The van der Waals surface area contributed by atoms with E-state index in [4.69, 9.17) is 16.3 Å². The van der Waals surface area contributed by atoms with Crippen LogP contribution in [0.2, 0.25) is 5.02 Å². The minimum Gasteiger partial charge on any atom is -0.497 e. The van der Waals surface area contributed by atoms with Gasteiger partial charge < -0.3 is 15.4 Å². The number of pyridine rings is 2. The van der Waals surface area contributed by atoms with Gasteiger partial charge in [-0.05, 0) is 53.4 Å². The molecule has 0 aliphatic rings. The first-order valence-electron chi connectivity index (χ1n) is 9.31. The Bertz CT molecular complexity index is 1210. The van der Waals surface area contributed by atoms with E-state index in [1.165, 1.54) is 0 Å². The Morgan fingerprint density at radius 1 is 1.03 bits per heavy atom. The van der Waals surface area contributed by atoms with Crippen LogP contribution in [-0.2, 0) is 6.54 Å². The maximum absolute atomic E-state index is 12.6. The Morgan fingerprint density at radius 3 is 2.77 bits per heavy atom. The summed E-state index contributed by atoms with van der Waals surface area (Å²) in [7, 11) is 1.61. The van der Waals surface area contributed by atoms with Gasteiger partial charge in [0, 0.05) is 35.0 Å². The molecule has 2 aromatic carbocycles. The third-order valence-electron chi connectivity index (χ3n) is 4.57. The molecule has 2 N–H and O–H groups in total. The second-order valence-corrected chi connectivity index (χ2v) is 7.05. The molecule has 0 fully saturated rings. The molecule has 7 heteroatoms. The smallest absolute Gasteiger partial charge is 0.270 e. The van der Waals surface area contributed by atoms with Crippen LogP contribution in [0.1, 0.15) is 16.1 Å². The third-order valence-corrected chi connectivity index (χ3v) is 4.81. The Labute approximate surface area is 178 Å². The van der Waals surface area contributed by atoms with Gasteiger partial charge in [-0.2, -0.15) is 0 Å². The summed E-state index contributed by atoms with van der Waals surface area (Å²) in [5.41, 5.74) is 1.95. The topological polar surface area (TPSA) is 76.1 Å². The molecule has 4 rings (SSSR count). The first-order chi connectivity index (χ1) is 14.6. The van der Waals surface area contributed by atoms with E-state index in [1.54, 1.807) is 31.6 Å². The van der Waals surface area contributed by atoms with Crippen LogP contribution in [0.15, 0.2) is 73.1 Å². The molecule has 2 heterocycles. The molecular formula is C23H19ClN4O2. The van der Waals surface area contributed by atoms with Crippen LogP contribution < -0.4 is 15.4 Å². The number of hydrogen-bond donors (Lipinski definition) is 2. The van der Waals surface area contributed by atoms with Crippen molar-refractivity contribution < 1.29 is 9.53 Å². The third kappa shape index (κ3) is 4.50. The fourth-order valence-corrected chi connectivity index (χ4v) is 3.24. The van der Waals surface area contributed by atoms with Gasteiger partial charge in [0.25, 0.3) is 5.91 Å². The molecule has 0 radical (unpaired) electrons. The lowest BCUT2D eigenvalue weighted by atomic mass is 10.1. The Morgan fingerprint density at radius 2 is 1.90 bits per heavy atom. The fourth-order valence-electron chi connectivity index (χ4n) is 3.06. The van der Waals surface area contributed by atoms with Crippen molar-refractivity contribution >= 4 is 39.8 Å². The van der Waals surface area contributed by atoms with Gasteiger partial charge in [-0.1, -0.05) is 29.8 Å². The Kier molecular flexibility index (Phi) is 5.77. The quantitative estimate of drug-likeness (QED) is 0.462. The molecule has 0 aliphatic heterocycles. The summed E-state index contributed by atoms with van der Waals surface area (Å²) >= 11 is 6.14. The lowest BCUT2D eigenvalue weighted by molar-refractivity contribution is 0.0946. The second kappa shape index (κ2) is 8.80. The standard InChI is InChI=1S/C23H19ClN4O2/c1-30-19-4-2-3-15(11-19)14-27-23(29)21-13-18(8-10-25-21)28-22-20-12-17(24)6-5-16(20)7-9-26-22/h2-13H,14H2,1H3,(H,27,29)(H,25,26,28). The maximum Gasteiger partial charge on any atom is 0.270 e. The van der Waals surface area contributed by atoms with Crippen molar-refractivity contribution in [3.63, 3.8) is 0 Å². The predicted octanol–water partition coefficient (Wildman–Crippen LogP) is 4.97. The molecule has 30 heavy (non-hydrogen) atoms. The summed E-state index contributed by atoms with van der Waals surface area (Å²) in [4.78, 5) is 21.2. The van der Waals surface area contributed by atoms with Gasteiger partial charge in [0.1, 0.15) is 17.3 Å². The zero-order valence-corrected chi connectivity index (χ0v) is 17.0. The normalized spacial score (nSPS) is 10.6. The number of aromatic nitrogens is 2. The highest BCUT2D eigenvalue weighted by Crippen LogP contribution is 2.27. The van der Waals surface area contributed by atoms with E-state index in [0.29, 0.717) is 28.8 Å². The average Bonchev–Trinajstić information content (AvgIpc) is 2.78. The molecule has 2 aromatic heterocycles. The molecule has 1 amide bonds. The molecule has 150 valence electrons. The zero-order chi connectivity index (χ0) is 20.9. The highest BCUT2D eigenvalue weighted by Gasteiger charge is 2.10. The van der Waals surface area contributed by atoms with Crippen molar-refractivity contribution in [2.45, 2.75) is 6.54 Å².